The first-order chi connectivity index (χ1) is 5.54. The Bertz CT molecular complexity index is 210. The minimum atomic E-state index is 0.117. The Hall–Kier alpha value is -0.530. The number of nitrogens with one attached hydrogen (secondary N) is 1. The number of amides is 1. The molecule has 0 bridgehead atoms. The average molecular weight is 167 g/mol. The quantitative estimate of drug-likeness (QED) is 0.634. The lowest BCUT2D eigenvalue weighted by Crippen LogP contribution is -2.61. The summed E-state index contributed by atoms with van der Waals surface area (Å²) >= 11 is 0. The molecule has 0 aromatic carbocycles. The minimum absolute atomic E-state index is 0.117. The molecule has 0 radical (unpaired) electrons. The van der Waals surface area contributed by atoms with Gasteiger partial charge in [0.15, 0.2) is 0 Å². The average Bonchev–Trinajstić information content (AvgIpc) is 1.76. The van der Waals surface area contributed by atoms with Crippen molar-refractivity contribution in [2.45, 2.75) is 51.5 Å². The maximum Gasteiger partial charge on any atom is 0.217 e. The van der Waals surface area contributed by atoms with Crippen molar-refractivity contribution in [1.82, 2.24) is 5.32 Å². The number of carbonyl (C=O) groups is 1. The van der Waals surface area contributed by atoms with Crippen molar-refractivity contribution in [3.8, 4) is 0 Å². The van der Waals surface area contributed by atoms with Crippen molar-refractivity contribution < 1.29 is 4.79 Å². The maximum absolute atomic E-state index is 10.9. The van der Waals surface area contributed by atoms with Gasteiger partial charge in [-0.1, -0.05) is 6.42 Å². The Morgan fingerprint density at radius 2 is 1.92 bits per heavy atom. The van der Waals surface area contributed by atoms with Crippen LogP contribution in [0.3, 0.4) is 0 Å². The number of carbonyl (C=O) groups excluding carboxylic acids is 1. The third kappa shape index (κ3) is 1.13. The predicted octanol–water partition coefficient (Wildman–Crippen LogP) is 1.85. The molecule has 1 N–H and O–H groups in total. The van der Waals surface area contributed by atoms with Gasteiger partial charge >= 0.3 is 0 Å². The fourth-order valence-electron chi connectivity index (χ4n) is 3.15. The molecule has 2 aliphatic rings. The van der Waals surface area contributed by atoms with E-state index in [0.29, 0.717) is 5.41 Å². The Morgan fingerprint density at radius 3 is 2.25 bits per heavy atom. The van der Waals surface area contributed by atoms with E-state index in [1.54, 1.807) is 6.92 Å². The van der Waals surface area contributed by atoms with E-state index in [1.165, 1.54) is 32.1 Å². The van der Waals surface area contributed by atoms with Crippen LogP contribution in [0, 0.1) is 5.41 Å². The van der Waals surface area contributed by atoms with Gasteiger partial charge < -0.3 is 5.32 Å². The van der Waals surface area contributed by atoms with E-state index in [4.69, 9.17) is 0 Å². The highest BCUT2D eigenvalue weighted by molar-refractivity contribution is 5.74. The standard InChI is InChI=1S/C10H17NO/c1-8(12)11-9(2)6-10(7-9)4-3-5-10/h3-7H2,1-2H3,(H,11,12). The fourth-order valence-corrected chi connectivity index (χ4v) is 3.15. The van der Waals surface area contributed by atoms with Crippen LogP contribution in [-0.4, -0.2) is 11.4 Å². The Morgan fingerprint density at radius 1 is 1.33 bits per heavy atom. The molecule has 1 amide bonds. The van der Waals surface area contributed by atoms with E-state index in [0.717, 1.165) is 0 Å². The monoisotopic (exact) mass is 167 g/mol. The van der Waals surface area contributed by atoms with Crippen LogP contribution in [0.4, 0.5) is 0 Å². The van der Waals surface area contributed by atoms with Gasteiger partial charge in [-0.3, -0.25) is 4.79 Å². The van der Waals surface area contributed by atoms with Gasteiger partial charge in [-0.2, -0.15) is 0 Å². The molecule has 0 heterocycles. The molecule has 2 saturated carbocycles. The van der Waals surface area contributed by atoms with Gasteiger partial charge in [0, 0.05) is 12.5 Å². The molecule has 0 aromatic heterocycles. The van der Waals surface area contributed by atoms with Gasteiger partial charge in [0.2, 0.25) is 5.91 Å². The van der Waals surface area contributed by atoms with Crippen molar-refractivity contribution in [2.75, 3.05) is 0 Å². The number of hydrogen-bond donors (Lipinski definition) is 1. The van der Waals surface area contributed by atoms with Gasteiger partial charge in [0.1, 0.15) is 0 Å². The molecule has 68 valence electrons. The Kier molecular flexibility index (Phi) is 1.51. The van der Waals surface area contributed by atoms with Crippen LogP contribution < -0.4 is 5.32 Å². The molecule has 0 aliphatic heterocycles. The van der Waals surface area contributed by atoms with Crippen LogP contribution in [0.15, 0.2) is 0 Å². The second-order valence-electron chi connectivity index (χ2n) is 4.95. The van der Waals surface area contributed by atoms with Gasteiger partial charge in [-0.05, 0) is 38.0 Å². The van der Waals surface area contributed by atoms with Crippen LogP contribution in [0.1, 0.15) is 46.0 Å². The van der Waals surface area contributed by atoms with E-state index in [9.17, 15) is 4.79 Å². The zero-order valence-corrected chi connectivity index (χ0v) is 7.94. The molecule has 2 fully saturated rings. The summed E-state index contributed by atoms with van der Waals surface area (Å²) in [5.41, 5.74) is 0.781. The highest BCUT2D eigenvalue weighted by atomic mass is 16.1. The number of hydrogen-bond acceptors (Lipinski definition) is 1. The van der Waals surface area contributed by atoms with Gasteiger partial charge in [-0.15, -0.1) is 0 Å². The largest absolute Gasteiger partial charge is 0.351 e. The molecule has 1 spiro atoms. The minimum Gasteiger partial charge on any atom is -0.351 e. The van der Waals surface area contributed by atoms with E-state index in [1.807, 2.05) is 0 Å². The molecular formula is C10H17NO. The third-order valence-corrected chi connectivity index (χ3v) is 3.42. The van der Waals surface area contributed by atoms with Gasteiger partial charge in [-0.25, -0.2) is 0 Å². The molecule has 12 heavy (non-hydrogen) atoms. The summed E-state index contributed by atoms with van der Waals surface area (Å²) in [5, 5.41) is 3.04. The number of rotatable bonds is 1. The predicted molar refractivity (Wildman–Crippen MR) is 47.7 cm³/mol. The van der Waals surface area contributed by atoms with Crippen molar-refractivity contribution in [3.63, 3.8) is 0 Å². The van der Waals surface area contributed by atoms with E-state index in [-0.39, 0.29) is 11.4 Å². The first kappa shape index (κ1) is 8.09. The highest BCUT2D eigenvalue weighted by Crippen LogP contribution is 2.60. The molecular weight excluding hydrogens is 150 g/mol. The summed E-state index contributed by atoms with van der Waals surface area (Å²) in [5.74, 6) is 0.117. The lowest BCUT2D eigenvalue weighted by Gasteiger charge is -2.60. The van der Waals surface area contributed by atoms with E-state index >= 15 is 0 Å². The maximum atomic E-state index is 10.9. The summed E-state index contributed by atoms with van der Waals surface area (Å²) in [6.45, 7) is 3.77. The van der Waals surface area contributed by atoms with Gasteiger partial charge in [0.25, 0.3) is 0 Å². The highest BCUT2D eigenvalue weighted by Gasteiger charge is 2.54. The van der Waals surface area contributed by atoms with Crippen LogP contribution in [-0.2, 0) is 4.79 Å². The third-order valence-electron chi connectivity index (χ3n) is 3.42. The molecule has 0 saturated heterocycles. The first-order valence-corrected chi connectivity index (χ1v) is 4.83. The molecule has 0 aromatic rings. The molecule has 2 aliphatic carbocycles. The van der Waals surface area contributed by atoms with Crippen molar-refractivity contribution in [2.24, 2.45) is 5.41 Å². The second kappa shape index (κ2) is 2.24. The molecule has 2 nitrogen and oxygen atoms in total. The lowest BCUT2D eigenvalue weighted by molar-refractivity contribution is -0.126. The van der Waals surface area contributed by atoms with Crippen molar-refractivity contribution in [1.29, 1.82) is 0 Å². The Balaban J connectivity index is 1.88. The zero-order chi connectivity index (χ0) is 8.82. The molecule has 2 rings (SSSR count). The topological polar surface area (TPSA) is 29.1 Å². The normalized spacial score (nSPS) is 28.8. The fraction of sp³-hybridized carbons (Fsp3) is 0.900. The summed E-state index contributed by atoms with van der Waals surface area (Å²) in [4.78, 5) is 10.9. The zero-order valence-electron chi connectivity index (χ0n) is 7.94. The van der Waals surface area contributed by atoms with E-state index in [2.05, 4.69) is 12.2 Å². The second-order valence-corrected chi connectivity index (χ2v) is 4.95. The summed E-state index contributed by atoms with van der Waals surface area (Å²) < 4.78 is 0. The smallest absolute Gasteiger partial charge is 0.217 e. The van der Waals surface area contributed by atoms with Crippen molar-refractivity contribution in [3.05, 3.63) is 0 Å². The Labute approximate surface area is 73.7 Å². The SMILES string of the molecule is CC(=O)NC1(C)CC2(CCC2)C1. The molecule has 0 atom stereocenters. The van der Waals surface area contributed by atoms with Crippen molar-refractivity contribution >= 4 is 5.91 Å². The summed E-state index contributed by atoms with van der Waals surface area (Å²) in [6.07, 6.45) is 6.60. The van der Waals surface area contributed by atoms with Crippen LogP contribution in [0.25, 0.3) is 0 Å². The molecule has 2 heteroatoms. The first-order valence-electron chi connectivity index (χ1n) is 4.83. The van der Waals surface area contributed by atoms with Crippen LogP contribution >= 0.6 is 0 Å². The van der Waals surface area contributed by atoms with Crippen LogP contribution in [0.2, 0.25) is 0 Å². The molecule has 0 unspecified atom stereocenters. The van der Waals surface area contributed by atoms with Crippen LogP contribution in [0.5, 0.6) is 0 Å². The summed E-state index contributed by atoms with van der Waals surface area (Å²) in [6, 6.07) is 0. The lowest BCUT2D eigenvalue weighted by atomic mass is 9.49. The summed E-state index contributed by atoms with van der Waals surface area (Å²) in [7, 11) is 0. The van der Waals surface area contributed by atoms with Gasteiger partial charge in [0.05, 0.1) is 0 Å². The van der Waals surface area contributed by atoms with E-state index < -0.39 is 0 Å².